The van der Waals surface area contributed by atoms with Crippen LogP contribution in [0.2, 0.25) is 0 Å². The van der Waals surface area contributed by atoms with Crippen LogP contribution in [0.5, 0.6) is 0 Å². The monoisotopic (exact) mass is 183 g/mol. The average Bonchev–Trinajstić information content (AvgIpc) is 2.69. The molecule has 12 heavy (non-hydrogen) atoms. The summed E-state index contributed by atoms with van der Waals surface area (Å²) in [6.45, 7) is 2.11. The lowest BCUT2D eigenvalue weighted by Crippen LogP contribution is -2.00. The van der Waals surface area contributed by atoms with Gasteiger partial charge in [0, 0.05) is 12.0 Å². The second-order valence-corrected chi connectivity index (χ2v) is 3.42. The predicted octanol–water partition coefficient (Wildman–Crippen LogP) is 2.23. The molecule has 1 saturated carbocycles. The molecule has 0 bridgehead atoms. The van der Waals surface area contributed by atoms with Crippen molar-refractivity contribution in [3.8, 4) is 0 Å². The Bertz CT molecular complexity index is 255. The highest BCUT2D eigenvalue weighted by Gasteiger charge is 2.34. The summed E-state index contributed by atoms with van der Waals surface area (Å²) in [5, 5.41) is 0. The van der Waals surface area contributed by atoms with E-state index in [0.29, 0.717) is 12.0 Å². The van der Waals surface area contributed by atoms with Crippen LogP contribution in [-0.2, 0) is 0 Å². The number of hydrogen-bond acceptors (Lipinski definition) is 1. The third kappa shape index (κ3) is 1.79. The molecule has 0 radical (unpaired) electrons. The average molecular weight is 184 g/mol. The van der Waals surface area contributed by atoms with Crippen LogP contribution in [0.3, 0.4) is 0 Å². The molecule has 2 N–H and O–H groups in total. The largest absolute Gasteiger partial charge is 0.327 e. The predicted molar refractivity (Wildman–Crippen MR) is 53.8 cm³/mol. The number of nitrogens with two attached hydrogens (primary N) is 1. The van der Waals surface area contributed by atoms with E-state index in [4.69, 9.17) is 5.73 Å². The Morgan fingerprint density at radius 1 is 1.25 bits per heavy atom. The van der Waals surface area contributed by atoms with E-state index in [1.165, 1.54) is 17.5 Å². The van der Waals surface area contributed by atoms with Crippen LogP contribution in [0.15, 0.2) is 24.3 Å². The van der Waals surface area contributed by atoms with E-state index in [1.54, 1.807) is 0 Å². The van der Waals surface area contributed by atoms with Gasteiger partial charge in [0.05, 0.1) is 0 Å². The minimum atomic E-state index is 0. The van der Waals surface area contributed by atoms with Crippen LogP contribution in [0.25, 0.3) is 0 Å². The topological polar surface area (TPSA) is 26.0 Å². The second-order valence-electron chi connectivity index (χ2n) is 3.42. The first kappa shape index (κ1) is 9.56. The molecule has 1 nitrogen and oxygen atoms in total. The number of benzene rings is 1. The second kappa shape index (κ2) is 3.46. The molecular weight excluding hydrogens is 170 g/mol. The van der Waals surface area contributed by atoms with Crippen molar-refractivity contribution in [1.82, 2.24) is 0 Å². The van der Waals surface area contributed by atoms with Gasteiger partial charge in [0.15, 0.2) is 0 Å². The molecule has 66 valence electrons. The summed E-state index contributed by atoms with van der Waals surface area (Å²) in [6.07, 6.45) is 1.17. The normalized spacial score (nSPS) is 26.2. The third-order valence-corrected chi connectivity index (χ3v) is 2.35. The molecule has 1 fully saturated rings. The zero-order chi connectivity index (χ0) is 7.84. The zero-order valence-electron chi connectivity index (χ0n) is 7.16. The summed E-state index contributed by atoms with van der Waals surface area (Å²) in [4.78, 5) is 0. The van der Waals surface area contributed by atoms with Gasteiger partial charge < -0.3 is 5.73 Å². The fourth-order valence-electron chi connectivity index (χ4n) is 1.41. The molecule has 0 saturated heterocycles. The van der Waals surface area contributed by atoms with Crippen molar-refractivity contribution in [3.05, 3.63) is 35.4 Å². The number of rotatable bonds is 1. The molecule has 0 aliphatic heterocycles. The van der Waals surface area contributed by atoms with E-state index in [2.05, 4.69) is 31.2 Å². The van der Waals surface area contributed by atoms with Crippen LogP contribution in [0, 0.1) is 6.92 Å². The van der Waals surface area contributed by atoms with Gasteiger partial charge in [-0.15, -0.1) is 12.4 Å². The van der Waals surface area contributed by atoms with Crippen LogP contribution < -0.4 is 5.73 Å². The maximum atomic E-state index is 5.74. The molecule has 1 aromatic rings. The van der Waals surface area contributed by atoms with E-state index in [-0.39, 0.29) is 12.4 Å². The molecular formula is C10H14ClN. The van der Waals surface area contributed by atoms with Gasteiger partial charge in [-0.05, 0) is 18.9 Å². The van der Waals surface area contributed by atoms with Crippen molar-refractivity contribution in [2.24, 2.45) is 5.73 Å². The van der Waals surface area contributed by atoms with Gasteiger partial charge in [0.2, 0.25) is 0 Å². The van der Waals surface area contributed by atoms with Crippen LogP contribution in [0.4, 0.5) is 0 Å². The highest BCUT2D eigenvalue weighted by atomic mass is 35.5. The third-order valence-electron chi connectivity index (χ3n) is 2.35. The van der Waals surface area contributed by atoms with Crippen molar-refractivity contribution >= 4 is 12.4 Å². The Hall–Kier alpha value is -0.530. The maximum Gasteiger partial charge on any atom is 0.0115 e. The van der Waals surface area contributed by atoms with Crippen LogP contribution in [-0.4, -0.2) is 6.04 Å². The van der Waals surface area contributed by atoms with Gasteiger partial charge in [-0.25, -0.2) is 0 Å². The quantitative estimate of drug-likeness (QED) is 0.710. The molecule has 2 atom stereocenters. The van der Waals surface area contributed by atoms with Crippen LogP contribution in [0.1, 0.15) is 23.5 Å². The number of hydrogen-bond donors (Lipinski definition) is 1. The molecule has 0 aromatic heterocycles. The van der Waals surface area contributed by atoms with Crippen molar-refractivity contribution in [2.45, 2.75) is 25.3 Å². The fraction of sp³-hybridized carbons (Fsp3) is 0.400. The minimum absolute atomic E-state index is 0. The van der Waals surface area contributed by atoms with E-state index in [0.717, 1.165) is 0 Å². The van der Waals surface area contributed by atoms with Crippen LogP contribution >= 0.6 is 12.4 Å². The van der Waals surface area contributed by atoms with Gasteiger partial charge in [0.1, 0.15) is 0 Å². The minimum Gasteiger partial charge on any atom is -0.327 e. The summed E-state index contributed by atoms with van der Waals surface area (Å²) in [7, 11) is 0. The molecule has 0 spiro atoms. The lowest BCUT2D eigenvalue weighted by Gasteiger charge is -1.97. The Kier molecular flexibility index (Phi) is 2.76. The molecule has 0 unspecified atom stereocenters. The van der Waals surface area contributed by atoms with Gasteiger partial charge in [0.25, 0.3) is 0 Å². The van der Waals surface area contributed by atoms with Gasteiger partial charge in [-0.1, -0.05) is 29.8 Å². The Morgan fingerprint density at radius 2 is 1.75 bits per heavy atom. The highest BCUT2D eigenvalue weighted by molar-refractivity contribution is 5.85. The first-order valence-electron chi connectivity index (χ1n) is 4.09. The summed E-state index contributed by atoms with van der Waals surface area (Å²) in [6, 6.07) is 9.11. The van der Waals surface area contributed by atoms with Crippen molar-refractivity contribution in [3.63, 3.8) is 0 Å². The van der Waals surface area contributed by atoms with Crippen molar-refractivity contribution < 1.29 is 0 Å². The summed E-state index contributed by atoms with van der Waals surface area (Å²) < 4.78 is 0. The molecule has 2 rings (SSSR count). The zero-order valence-corrected chi connectivity index (χ0v) is 7.97. The lowest BCUT2D eigenvalue weighted by molar-refractivity contribution is 0.989. The van der Waals surface area contributed by atoms with Crippen molar-refractivity contribution in [2.75, 3.05) is 0 Å². The fourth-order valence-corrected chi connectivity index (χ4v) is 1.41. The Balaban J connectivity index is 0.000000720. The van der Waals surface area contributed by atoms with Crippen molar-refractivity contribution in [1.29, 1.82) is 0 Å². The number of aryl methyl sites for hydroxylation is 1. The molecule has 1 aliphatic carbocycles. The Labute approximate surface area is 79.4 Å². The SMILES string of the molecule is Cc1ccc([C@H]2C[C@@H]2N)cc1.Cl. The van der Waals surface area contributed by atoms with E-state index in [1.807, 2.05) is 0 Å². The summed E-state index contributed by atoms with van der Waals surface area (Å²) in [5.74, 6) is 0.649. The lowest BCUT2D eigenvalue weighted by atomic mass is 10.1. The summed E-state index contributed by atoms with van der Waals surface area (Å²) in [5.41, 5.74) is 8.46. The molecule has 2 heteroatoms. The number of halogens is 1. The maximum absolute atomic E-state index is 5.74. The molecule has 0 amide bonds. The standard InChI is InChI=1S/C10H13N.ClH/c1-7-2-4-8(5-3-7)9-6-10(9)11;/h2-5,9-10H,6,11H2,1H3;1H/t9-,10+;/m1./s1. The molecule has 1 aliphatic rings. The first-order chi connectivity index (χ1) is 5.27. The van der Waals surface area contributed by atoms with E-state index >= 15 is 0 Å². The molecule has 0 heterocycles. The van der Waals surface area contributed by atoms with E-state index in [9.17, 15) is 0 Å². The van der Waals surface area contributed by atoms with Gasteiger partial charge >= 0.3 is 0 Å². The van der Waals surface area contributed by atoms with E-state index < -0.39 is 0 Å². The first-order valence-corrected chi connectivity index (χ1v) is 4.09. The molecule has 1 aromatic carbocycles. The van der Waals surface area contributed by atoms with Gasteiger partial charge in [-0.2, -0.15) is 0 Å². The Morgan fingerprint density at radius 3 is 2.17 bits per heavy atom. The highest BCUT2D eigenvalue weighted by Crippen LogP contribution is 2.38. The van der Waals surface area contributed by atoms with Gasteiger partial charge in [-0.3, -0.25) is 0 Å². The smallest absolute Gasteiger partial charge is 0.0115 e. The summed E-state index contributed by atoms with van der Waals surface area (Å²) >= 11 is 0.